The maximum atomic E-state index is 12.4. The summed E-state index contributed by atoms with van der Waals surface area (Å²) in [5.74, 6) is -0.977. The molecule has 0 atom stereocenters. The average molecular weight is 362 g/mol. The molecule has 0 spiro atoms. The van der Waals surface area contributed by atoms with Gasteiger partial charge in [0, 0.05) is 22.5 Å². The standard InChI is InChI=1S/C19H20ClNO4/c1-19(2,14-6-8-15(20)9-7-14)12-21-18(24)13-4-3-5-16(10-13)25-11-17(22)23/h3-10H,11-12H2,1-2H3,(H,21,24)(H,22,23). The van der Waals surface area contributed by atoms with E-state index in [9.17, 15) is 9.59 Å². The number of carboxylic acids is 1. The van der Waals surface area contributed by atoms with Gasteiger partial charge in [0.2, 0.25) is 0 Å². The molecular weight excluding hydrogens is 342 g/mol. The number of ether oxygens (including phenoxy) is 1. The minimum Gasteiger partial charge on any atom is -0.482 e. The van der Waals surface area contributed by atoms with Gasteiger partial charge in [-0.2, -0.15) is 0 Å². The lowest BCUT2D eigenvalue weighted by Crippen LogP contribution is -2.36. The van der Waals surface area contributed by atoms with Crippen LogP contribution in [-0.2, 0) is 10.2 Å². The summed E-state index contributed by atoms with van der Waals surface area (Å²) in [5, 5.41) is 12.2. The topological polar surface area (TPSA) is 75.6 Å². The zero-order valence-electron chi connectivity index (χ0n) is 14.1. The van der Waals surface area contributed by atoms with Crippen molar-refractivity contribution in [3.05, 3.63) is 64.7 Å². The molecule has 2 aromatic rings. The predicted molar refractivity (Wildman–Crippen MR) is 96.4 cm³/mol. The Hall–Kier alpha value is -2.53. The zero-order valence-corrected chi connectivity index (χ0v) is 14.8. The molecule has 0 saturated heterocycles. The molecule has 0 aliphatic rings. The van der Waals surface area contributed by atoms with Crippen molar-refractivity contribution in [1.82, 2.24) is 5.32 Å². The molecule has 0 saturated carbocycles. The van der Waals surface area contributed by atoms with Crippen LogP contribution in [0.3, 0.4) is 0 Å². The van der Waals surface area contributed by atoms with Crippen LogP contribution in [0.2, 0.25) is 5.02 Å². The summed E-state index contributed by atoms with van der Waals surface area (Å²) in [4.78, 5) is 22.9. The maximum Gasteiger partial charge on any atom is 0.341 e. The van der Waals surface area contributed by atoms with Gasteiger partial charge in [-0.15, -0.1) is 0 Å². The van der Waals surface area contributed by atoms with Crippen LogP contribution in [0.25, 0.3) is 0 Å². The molecule has 1 amide bonds. The molecule has 0 fully saturated rings. The first-order chi connectivity index (χ1) is 11.8. The maximum absolute atomic E-state index is 12.4. The van der Waals surface area contributed by atoms with Crippen LogP contribution >= 0.6 is 11.6 Å². The first kappa shape index (κ1) is 18.8. The fourth-order valence-electron chi connectivity index (χ4n) is 2.28. The Balaban J connectivity index is 2.00. The number of halogens is 1. The normalized spacial score (nSPS) is 11.0. The van der Waals surface area contributed by atoms with E-state index in [2.05, 4.69) is 5.32 Å². The number of hydrogen-bond acceptors (Lipinski definition) is 3. The third-order valence-corrected chi connectivity index (χ3v) is 4.03. The van der Waals surface area contributed by atoms with E-state index < -0.39 is 12.6 Å². The Morgan fingerprint density at radius 3 is 2.48 bits per heavy atom. The fourth-order valence-corrected chi connectivity index (χ4v) is 2.40. The zero-order chi connectivity index (χ0) is 18.4. The molecule has 6 heteroatoms. The van der Waals surface area contributed by atoms with Crippen molar-refractivity contribution >= 4 is 23.5 Å². The van der Waals surface area contributed by atoms with Crippen LogP contribution in [0.15, 0.2) is 48.5 Å². The lowest BCUT2D eigenvalue weighted by molar-refractivity contribution is -0.139. The van der Waals surface area contributed by atoms with E-state index in [1.54, 1.807) is 18.2 Å². The fraction of sp³-hybridized carbons (Fsp3) is 0.263. The molecule has 2 aromatic carbocycles. The van der Waals surface area contributed by atoms with E-state index in [0.29, 0.717) is 22.9 Å². The second-order valence-electron chi connectivity index (χ2n) is 6.28. The van der Waals surface area contributed by atoms with E-state index in [1.807, 2.05) is 38.1 Å². The molecule has 2 N–H and O–H groups in total. The molecule has 0 unspecified atom stereocenters. The van der Waals surface area contributed by atoms with Crippen molar-refractivity contribution < 1.29 is 19.4 Å². The molecule has 0 aliphatic carbocycles. The SMILES string of the molecule is CC(C)(CNC(=O)c1cccc(OCC(=O)O)c1)c1ccc(Cl)cc1. The Labute approximate surface area is 151 Å². The van der Waals surface area contributed by atoms with E-state index in [-0.39, 0.29) is 11.3 Å². The lowest BCUT2D eigenvalue weighted by atomic mass is 9.84. The molecule has 5 nitrogen and oxygen atoms in total. The predicted octanol–water partition coefficient (Wildman–Crippen LogP) is 3.51. The van der Waals surface area contributed by atoms with E-state index in [1.165, 1.54) is 6.07 Å². The smallest absolute Gasteiger partial charge is 0.341 e. The summed E-state index contributed by atoms with van der Waals surface area (Å²) in [6.45, 7) is 4.05. The molecule has 0 radical (unpaired) electrons. The molecule has 0 bridgehead atoms. The Bertz CT molecular complexity index is 756. The van der Waals surface area contributed by atoms with Crippen molar-refractivity contribution in [2.45, 2.75) is 19.3 Å². The van der Waals surface area contributed by atoms with E-state index in [4.69, 9.17) is 21.4 Å². The number of carboxylic acid groups (broad SMARTS) is 1. The van der Waals surface area contributed by atoms with Gasteiger partial charge >= 0.3 is 5.97 Å². The minimum absolute atomic E-state index is 0.247. The van der Waals surface area contributed by atoms with Crippen LogP contribution in [0.1, 0.15) is 29.8 Å². The summed E-state index contributed by atoms with van der Waals surface area (Å²) < 4.78 is 5.09. The third kappa shape index (κ3) is 5.50. The number of hydrogen-bond donors (Lipinski definition) is 2. The molecular formula is C19H20ClNO4. The summed E-state index contributed by atoms with van der Waals surface area (Å²) in [6, 6.07) is 14.0. The Morgan fingerprint density at radius 2 is 1.84 bits per heavy atom. The molecule has 2 rings (SSSR count). The van der Waals surface area contributed by atoms with E-state index in [0.717, 1.165) is 5.56 Å². The van der Waals surface area contributed by atoms with Gasteiger partial charge in [0.1, 0.15) is 5.75 Å². The van der Waals surface area contributed by atoms with E-state index >= 15 is 0 Å². The third-order valence-electron chi connectivity index (χ3n) is 3.78. The first-order valence-electron chi connectivity index (χ1n) is 7.77. The number of amides is 1. The number of carbonyl (C=O) groups is 2. The van der Waals surface area contributed by atoms with Crippen LogP contribution < -0.4 is 10.1 Å². The van der Waals surface area contributed by atoms with Crippen molar-refractivity contribution in [2.75, 3.05) is 13.2 Å². The summed E-state index contributed by atoms with van der Waals surface area (Å²) in [5.41, 5.74) is 1.21. The van der Waals surface area contributed by atoms with Gasteiger partial charge in [-0.05, 0) is 35.9 Å². The van der Waals surface area contributed by atoms with Gasteiger partial charge < -0.3 is 15.2 Å². The first-order valence-corrected chi connectivity index (χ1v) is 8.14. The highest BCUT2D eigenvalue weighted by molar-refractivity contribution is 6.30. The van der Waals surface area contributed by atoms with Crippen molar-refractivity contribution in [3.63, 3.8) is 0 Å². The monoisotopic (exact) mass is 361 g/mol. The van der Waals surface area contributed by atoms with Gasteiger partial charge in [-0.3, -0.25) is 4.79 Å². The highest BCUT2D eigenvalue weighted by Crippen LogP contribution is 2.24. The molecule has 0 aromatic heterocycles. The van der Waals surface area contributed by atoms with Gasteiger partial charge in [0.05, 0.1) is 0 Å². The van der Waals surface area contributed by atoms with Gasteiger partial charge in [0.15, 0.2) is 6.61 Å². The van der Waals surface area contributed by atoms with Crippen molar-refractivity contribution in [1.29, 1.82) is 0 Å². The van der Waals surface area contributed by atoms with Gasteiger partial charge in [-0.25, -0.2) is 4.79 Å². The second-order valence-corrected chi connectivity index (χ2v) is 6.72. The molecule has 0 aliphatic heterocycles. The van der Waals surface area contributed by atoms with Gasteiger partial charge in [0.25, 0.3) is 5.91 Å². The highest BCUT2D eigenvalue weighted by Gasteiger charge is 2.21. The molecule has 0 heterocycles. The van der Waals surface area contributed by atoms with Crippen molar-refractivity contribution in [3.8, 4) is 5.75 Å². The molecule has 25 heavy (non-hydrogen) atoms. The number of benzene rings is 2. The quantitative estimate of drug-likeness (QED) is 0.791. The summed E-state index contributed by atoms with van der Waals surface area (Å²) >= 11 is 5.91. The van der Waals surface area contributed by atoms with Crippen LogP contribution in [-0.4, -0.2) is 30.1 Å². The Kier molecular flexibility index (Phi) is 6.04. The second kappa shape index (κ2) is 8.03. The van der Waals surface area contributed by atoms with Crippen molar-refractivity contribution in [2.24, 2.45) is 0 Å². The summed E-state index contributed by atoms with van der Waals surface area (Å²) in [7, 11) is 0. The largest absolute Gasteiger partial charge is 0.482 e. The number of nitrogens with one attached hydrogen (secondary N) is 1. The average Bonchev–Trinajstić information content (AvgIpc) is 2.58. The Morgan fingerprint density at radius 1 is 1.16 bits per heavy atom. The van der Waals surface area contributed by atoms with Crippen LogP contribution in [0.4, 0.5) is 0 Å². The number of aliphatic carboxylic acids is 1. The number of carbonyl (C=O) groups excluding carboxylic acids is 1. The lowest BCUT2D eigenvalue weighted by Gasteiger charge is -2.25. The molecule has 132 valence electrons. The van der Waals surface area contributed by atoms with Crippen LogP contribution in [0.5, 0.6) is 5.75 Å². The van der Waals surface area contributed by atoms with Crippen LogP contribution in [0, 0.1) is 0 Å². The highest BCUT2D eigenvalue weighted by atomic mass is 35.5. The number of rotatable bonds is 7. The minimum atomic E-state index is -1.07. The van der Waals surface area contributed by atoms with Gasteiger partial charge in [-0.1, -0.05) is 43.6 Å². The summed E-state index contributed by atoms with van der Waals surface area (Å²) in [6.07, 6.45) is 0.